The van der Waals surface area contributed by atoms with E-state index in [1.807, 2.05) is 0 Å². The number of hydrogen-bond donors (Lipinski definition) is 0. The minimum absolute atomic E-state index is 0.00504. The van der Waals surface area contributed by atoms with Crippen LogP contribution in [0.4, 0.5) is 0 Å². The van der Waals surface area contributed by atoms with E-state index in [1.54, 1.807) is 4.90 Å². The fourth-order valence-corrected chi connectivity index (χ4v) is 6.83. The normalized spacial score (nSPS) is 17.5. The number of sulfonamides is 1. The van der Waals surface area contributed by atoms with Gasteiger partial charge in [0.25, 0.3) is 0 Å². The lowest BCUT2D eigenvalue weighted by Crippen LogP contribution is -2.49. The second-order valence-electron chi connectivity index (χ2n) is 4.20. The molecule has 0 spiro atoms. The smallest absolute Gasteiger partial charge is 0.246 e. The summed E-state index contributed by atoms with van der Waals surface area (Å²) in [6, 6.07) is 0. The van der Waals surface area contributed by atoms with Gasteiger partial charge in [-0.2, -0.15) is 4.31 Å². The van der Waals surface area contributed by atoms with Crippen LogP contribution in [0.1, 0.15) is 6.92 Å². The van der Waals surface area contributed by atoms with Crippen LogP contribution < -0.4 is 0 Å². The molecule has 10 heteroatoms. The molecule has 1 fully saturated rings. The van der Waals surface area contributed by atoms with Gasteiger partial charge in [-0.15, -0.1) is 11.3 Å². The van der Waals surface area contributed by atoms with E-state index in [-0.39, 0.29) is 28.2 Å². The Bertz CT molecular complexity index is 639. The quantitative estimate of drug-likeness (QED) is 0.737. The van der Waals surface area contributed by atoms with Crippen molar-refractivity contribution < 1.29 is 13.2 Å². The molecule has 5 nitrogen and oxygen atoms in total. The van der Waals surface area contributed by atoms with E-state index in [4.69, 9.17) is 23.2 Å². The van der Waals surface area contributed by atoms with Gasteiger partial charge >= 0.3 is 0 Å². The van der Waals surface area contributed by atoms with Gasteiger partial charge in [0, 0.05) is 33.1 Å². The van der Waals surface area contributed by atoms with Crippen LogP contribution in [0, 0.1) is 0 Å². The second kappa shape index (κ2) is 6.10. The van der Waals surface area contributed by atoms with Crippen LogP contribution in [0.3, 0.4) is 0 Å². The monoisotopic (exact) mass is 420 g/mol. The molecule has 0 saturated carbocycles. The number of carbonyl (C=O) groups excluding carboxylic acids is 1. The Kier molecular flexibility index (Phi) is 5.03. The van der Waals surface area contributed by atoms with E-state index >= 15 is 0 Å². The molecule has 0 aromatic carbocycles. The molecule has 112 valence electrons. The van der Waals surface area contributed by atoms with Crippen molar-refractivity contribution in [3.8, 4) is 0 Å². The zero-order valence-electron chi connectivity index (χ0n) is 10.4. The first-order valence-corrected chi connectivity index (χ1v) is 9.44. The van der Waals surface area contributed by atoms with Crippen molar-refractivity contribution in [3.05, 3.63) is 13.1 Å². The zero-order chi connectivity index (χ0) is 15.1. The second-order valence-corrected chi connectivity index (χ2v) is 9.10. The molecular formula is C10H11BrCl2N2O3S2. The van der Waals surface area contributed by atoms with Crippen LogP contribution in [-0.2, 0) is 14.8 Å². The van der Waals surface area contributed by atoms with Gasteiger partial charge in [0.1, 0.15) is 13.6 Å². The highest BCUT2D eigenvalue weighted by atomic mass is 79.9. The van der Waals surface area contributed by atoms with E-state index in [2.05, 4.69) is 15.9 Å². The molecule has 20 heavy (non-hydrogen) atoms. The predicted octanol–water partition coefficient (Wildman–Crippen LogP) is 2.67. The van der Waals surface area contributed by atoms with Crippen LogP contribution in [-0.4, -0.2) is 49.7 Å². The molecule has 1 amide bonds. The molecule has 1 aromatic rings. The van der Waals surface area contributed by atoms with Crippen molar-refractivity contribution in [1.29, 1.82) is 0 Å². The highest BCUT2D eigenvalue weighted by Gasteiger charge is 2.34. The Morgan fingerprint density at radius 3 is 2.15 bits per heavy atom. The minimum atomic E-state index is -3.71. The number of hydrogen-bond acceptors (Lipinski definition) is 4. The fraction of sp³-hybridized carbons (Fsp3) is 0.500. The highest BCUT2D eigenvalue weighted by Crippen LogP contribution is 2.44. The SMILES string of the molecule is CC(=O)N1CCN(S(=O)(=O)c2c(Cl)sc(Cl)c2Br)CC1. The molecule has 1 aliphatic rings. The van der Waals surface area contributed by atoms with Crippen LogP contribution in [0.5, 0.6) is 0 Å². The Balaban J connectivity index is 2.26. The highest BCUT2D eigenvalue weighted by molar-refractivity contribution is 9.10. The van der Waals surface area contributed by atoms with E-state index in [0.717, 1.165) is 11.3 Å². The van der Waals surface area contributed by atoms with Crippen LogP contribution >= 0.6 is 50.5 Å². The standard InChI is InChI=1S/C10H11BrCl2N2O3S2/c1-6(16)14-2-4-15(5-3-14)20(17,18)8-7(11)9(12)19-10(8)13/h2-5H2,1H3. The lowest BCUT2D eigenvalue weighted by atomic mass is 10.3. The summed E-state index contributed by atoms with van der Waals surface area (Å²) in [7, 11) is -3.71. The number of piperazine rings is 1. The maximum absolute atomic E-state index is 12.6. The lowest BCUT2D eigenvalue weighted by Gasteiger charge is -2.33. The van der Waals surface area contributed by atoms with Gasteiger partial charge in [-0.1, -0.05) is 23.2 Å². The molecule has 1 saturated heterocycles. The van der Waals surface area contributed by atoms with Gasteiger partial charge in [0.05, 0.1) is 4.47 Å². The maximum Gasteiger partial charge on any atom is 0.246 e. The fourth-order valence-electron chi connectivity index (χ4n) is 1.93. The predicted molar refractivity (Wildman–Crippen MR) is 83.1 cm³/mol. The first kappa shape index (κ1) is 16.5. The Labute approximate surface area is 139 Å². The first-order valence-electron chi connectivity index (χ1n) is 5.64. The van der Waals surface area contributed by atoms with E-state index in [9.17, 15) is 13.2 Å². The average molecular weight is 422 g/mol. The van der Waals surface area contributed by atoms with E-state index in [0.29, 0.717) is 21.9 Å². The van der Waals surface area contributed by atoms with Crippen molar-refractivity contribution >= 4 is 66.4 Å². The Hall–Kier alpha value is 0.140. The van der Waals surface area contributed by atoms with Gasteiger partial charge in [-0.05, 0) is 15.9 Å². The molecule has 0 unspecified atom stereocenters. The van der Waals surface area contributed by atoms with Crippen LogP contribution in [0.15, 0.2) is 9.37 Å². The summed E-state index contributed by atoms with van der Waals surface area (Å²) in [5.74, 6) is -0.0557. The molecule has 0 N–H and O–H groups in total. The molecule has 2 rings (SSSR count). The van der Waals surface area contributed by atoms with E-state index in [1.165, 1.54) is 11.2 Å². The summed E-state index contributed by atoms with van der Waals surface area (Å²) >= 11 is 16.0. The Morgan fingerprint density at radius 2 is 1.75 bits per heavy atom. The largest absolute Gasteiger partial charge is 0.340 e. The number of carbonyl (C=O) groups is 1. The third-order valence-electron chi connectivity index (χ3n) is 3.01. The molecule has 0 radical (unpaired) electrons. The van der Waals surface area contributed by atoms with Crippen molar-refractivity contribution in [2.45, 2.75) is 11.8 Å². The summed E-state index contributed by atoms with van der Waals surface area (Å²) in [6.07, 6.45) is 0. The molecule has 1 aliphatic heterocycles. The molecule has 2 heterocycles. The van der Waals surface area contributed by atoms with Gasteiger partial charge in [0.15, 0.2) is 0 Å². The third-order valence-corrected chi connectivity index (χ3v) is 8.38. The first-order chi connectivity index (χ1) is 9.25. The number of amides is 1. The van der Waals surface area contributed by atoms with Gasteiger partial charge in [0.2, 0.25) is 15.9 Å². The lowest BCUT2D eigenvalue weighted by molar-refractivity contribution is -0.129. The number of rotatable bonds is 2. The number of halogens is 3. The molecule has 0 atom stereocenters. The van der Waals surface area contributed by atoms with Gasteiger partial charge < -0.3 is 4.90 Å². The topological polar surface area (TPSA) is 57.7 Å². The molecule has 0 aliphatic carbocycles. The average Bonchev–Trinajstić information content (AvgIpc) is 2.63. The Morgan fingerprint density at radius 1 is 1.20 bits per heavy atom. The zero-order valence-corrected chi connectivity index (χ0v) is 15.1. The van der Waals surface area contributed by atoms with Crippen molar-refractivity contribution in [3.63, 3.8) is 0 Å². The maximum atomic E-state index is 12.6. The van der Waals surface area contributed by atoms with Gasteiger partial charge in [-0.25, -0.2) is 8.42 Å². The third kappa shape index (κ3) is 3.00. The van der Waals surface area contributed by atoms with Crippen LogP contribution in [0.25, 0.3) is 0 Å². The van der Waals surface area contributed by atoms with Crippen molar-refractivity contribution in [2.24, 2.45) is 0 Å². The van der Waals surface area contributed by atoms with Crippen molar-refractivity contribution in [2.75, 3.05) is 26.2 Å². The summed E-state index contributed by atoms with van der Waals surface area (Å²) in [4.78, 5) is 12.9. The number of thiophene rings is 1. The molecular weight excluding hydrogens is 411 g/mol. The summed E-state index contributed by atoms with van der Waals surface area (Å²) < 4.78 is 27.2. The summed E-state index contributed by atoms with van der Waals surface area (Å²) in [6.45, 7) is 2.72. The minimum Gasteiger partial charge on any atom is -0.340 e. The number of nitrogens with zero attached hydrogens (tertiary/aromatic N) is 2. The van der Waals surface area contributed by atoms with Crippen molar-refractivity contribution in [1.82, 2.24) is 9.21 Å². The molecule has 1 aromatic heterocycles. The van der Waals surface area contributed by atoms with Gasteiger partial charge in [-0.3, -0.25) is 4.79 Å². The summed E-state index contributed by atoms with van der Waals surface area (Å²) in [5.41, 5.74) is 0. The summed E-state index contributed by atoms with van der Waals surface area (Å²) in [5, 5.41) is 0. The molecule has 0 bridgehead atoms. The van der Waals surface area contributed by atoms with Crippen LogP contribution in [0.2, 0.25) is 8.67 Å². The van der Waals surface area contributed by atoms with E-state index < -0.39 is 10.0 Å².